The van der Waals surface area contributed by atoms with Gasteiger partial charge in [0.25, 0.3) is 0 Å². The fraction of sp³-hybridized carbons (Fsp3) is 1.00. The Morgan fingerprint density at radius 3 is 2.36 bits per heavy atom. The molecule has 1 heterocycles. The molecule has 1 fully saturated rings. The first-order valence-corrected chi connectivity index (χ1v) is 5.54. The van der Waals surface area contributed by atoms with Gasteiger partial charge in [-0.3, -0.25) is 4.84 Å². The van der Waals surface area contributed by atoms with Crippen LogP contribution in [0.3, 0.4) is 0 Å². The summed E-state index contributed by atoms with van der Waals surface area (Å²) in [5.41, 5.74) is 0. The van der Waals surface area contributed by atoms with E-state index in [0.717, 1.165) is 0 Å². The molecule has 0 aromatic rings. The van der Waals surface area contributed by atoms with Crippen LogP contribution in [0.25, 0.3) is 0 Å². The summed E-state index contributed by atoms with van der Waals surface area (Å²) in [5, 5.41) is 1.71. The first kappa shape index (κ1) is 8.96. The third-order valence-corrected chi connectivity index (χ3v) is 3.22. The van der Waals surface area contributed by atoms with Crippen LogP contribution in [0.1, 0.15) is 6.92 Å². The van der Waals surface area contributed by atoms with Crippen molar-refractivity contribution in [3.05, 3.63) is 0 Å². The van der Waals surface area contributed by atoms with Gasteiger partial charge < -0.3 is 0 Å². The molecule has 4 nitrogen and oxygen atoms in total. The molecule has 0 bridgehead atoms. The van der Waals surface area contributed by atoms with Crippen LogP contribution >= 0.6 is 0 Å². The topological polar surface area (TPSA) is 46.6 Å². The van der Waals surface area contributed by atoms with E-state index >= 15 is 0 Å². The van der Waals surface area contributed by atoms with Gasteiger partial charge in [-0.05, 0) is 6.92 Å². The summed E-state index contributed by atoms with van der Waals surface area (Å²) in [5.74, 6) is 0.458. The molecule has 5 heteroatoms. The minimum Gasteiger partial charge on any atom is -0.299 e. The zero-order valence-corrected chi connectivity index (χ0v) is 7.43. The Morgan fingerprint density at radius 1 is 1.36 bits per heavy atom. The zero-order chi connectivity index (χ0) is 8.32. The van der Waals surface area contributed by atoms with Crippen LogP contribution in [0.2, 0.25) is 0 Å². The maximum absolute atomic E-state index is 10.9. The quantitative estimate of drug-likeness (QED) is 0.582. The van der Waals surface area contributed by atoms with Gasteiger partial charge in [0.05, 0.1) is 18.1 Å². The molecule has 1 aliphatic heterocycles. The molecule has 0 N–H and O–H groups in total. The highest BCUT2D eigenvalue weighted by Crippen LogP contribution is 2.03. The summed E-state index contributed by atoms with van der Waals surface area (Å²) < 4.78 is 21.8. The largest absolute Gasteiger partial charge is 0.299 e. The van der Waals surface area contributed by atoms with Gasteiger partial charge in [-0.25, -0.2) is 8.42 Å². The van der Waals surface area contributed by atoms with Crippen LogP contribution in [-0.2, 0) is 14.7 Å². The molecular weight excluding hydrogens is 166 g/mol. The first-order chi connectivity index (χ1) is 5.14. The van der Waals surface area contributed by atoms with Crippen molar-refractivity contribution in [2.24, 2.45) is 0 Å². The average Bonchev–Trinajstić information content (AvgIpc) is 1.94. The molecule has 0 aromatic heterocycles. The highest BCUT2D eigenvalue weighted by atomic mass is 32.2. The van der Waals surface area contributed by atoms with Crippen molar-refractivity contribution in [3.8, 4) is 0 Å². The van der Waals surface area contributed by atoms with Gasteiger partial charge in [0.2, 0.25) is 0 Å². The van der Waals surface area contributed by atoms with Crippen molar-refractivity contribution in [2.45, 2.75) is 6.92 Å². The van der Waals surface area contributed by atoms with Crippen LogP contribution in [-0.4, -0.2) is 44.7 Å². The second kappa shape index (κ2) is 3.51. The monoisotopic (exact) mass is 179 g/mol. The Kier molecular flexibility index (Phi) is 2.86. The fourth-order valence-corrected chi connectivity index (χ4v) is 2.18. The number of hydrogen-bond donors (Lipinski definition) is 0. The number of hydrogen-bond acceptors (Lipinski definition) is 4. The van der Waals surface area contributed by atoms with Gasteiger partial charge in [0, 0.05) is 13.1 Å². The van der Waals surface area contributed by atoms with Crippen LogP contribution in [0.15, 0.2) is 0 Å². The van der Waals surface area contributed by atoms with Crippen LogP contribution in [0, 0.1) is 0 Å². The molecule has 1 aliphatic rings. The maximum atomic E-state index is 10.9. The van der Waals surface area contributed by atoms with Gasteiger partial charge in [0.1, 0.15) is 0 Å². The standard InChI is InChI=1S/C6H13NO3S/c1-2-10-7-3-5-11(8,9)6-4-7/h2-6H2,1H3. The SMILES string of the molecule is CCON1CCS(=O)(=O)CC1. The van der Waals surface area contributed by atoms with Crippen LogP contribution < -0.4 is 0 Å². The average molecular weight is 179 g/mol. The molecule has 0 amide bonds. The molecule has 0 aliphatic carbocycles. The van der Waals surface area contributed by atoms with Crippen molar-refractivity contribution in [1.29, 1.82) is 0 Å². The summed E-state index contributed by atoms with van der Waals surface area (Å²) in [6, 6.07) is 0. The summed E-state index contributed by atoms with van der Waals surface area (Å²) in [4.78, 5) is 5.14. The highest BCUT2D eigenvalue weighted by molar-refractivity contribution is 7.91. The van der Waals surface area contributed by atoms with Crippen molar-refractivity contribution < 1.29 is 13.3 Å². The first-order valence-electron chi connectivity index (χ1n) is 3.72. The van der Waals surface area contributed by atoms with Crippen LogP contribution in [0.4, 0.5) is 0 Å². The van der Waals surface area contributed by atoms with Crippen LogP contribution in [0.5, 0.6) is 0 Å². The lowest BCUT2D eigenvalue weighted by molar-refractivity contribution is -0.148. The van der Waals surface area contributed by atoms with Crippen molar-refractivity contribution in [3.63, 3.8) is 0 Å². The molecule has 0 atom stereocenters. The third kappa shape index (κ3) is 2.76. The van der Waals surface area contributed by atoms with E-state index in [1.807, 2.05) is 6.92 Å². The normalized spacial score (nSPS) is 25.2. The molecule has 66 valence electrons. The lowest BCUT2D eigenvalue weighted by atomic mass is 10.6. The van der Waals surface area contributed by atoms with E-state index in [0.29, 0.717) is 19.7 Å². The van der Waals surface area contributed by atoms with Crippen molar-refractivity contribution >= 4 is 9.84 Å². The highest BCUT2D eigenvalue weighted by Gasteiger charge is 2.21. The predicted molar refractivity (Wildman–Crippen MR) is 41.9 cm³/mol. The van der Waals surface area contributed by atoms with Gasteiger partial charge in [-0.15, -0.1) is 0 Å². The minimum atomic E-state index is -2.76. The third-order valence-electron chi connectivity index (χ3n) is 1.62. The van der Waals surface area contributed by atoms with Gasteiger partial charge >= 0.3 is 0 Å². The Morgan fingerprint density at radius 2 is 1.91 bits per heavy atom. The van der Waals surface area contributed by atoms with Gasteiger partial charge in [-0.1, -0.05) is 0 Å². The molecule has 0 aromatic carbocycles. The molecular formula is C6H13NO3S. The van der Waals surface area contributed by atoms with Gasteiger partial charge in [0.15, 0.2) is 9.84 Å². The number of sulfone groups is 1. The van der Waals surface area contributed by atoms with E-state index in [1.165, 1.54) is 0 Å². The van der Waals surface area contributed by atoms with Gasteiger partial charge in [-0.2, -0.15) is 5.06 Å². The molecule has 0 spiro atoms. The summed E-state index contributed by atoms with van der Waals surface area (Å²) in [6.45, 7) is 3.52. The molecule has 11 heavy (non-hydrogen) atoms. The van der Waals surface area contributed by atoms with Crippen molar-refractivity contribution in [1.82, 2.24) is 5.06 Å². The Hall–Kier alpha value is -0.130. The lowest BCUT2D eigenvalue weighted by Crippen LogP contribution is -2.40. The predicted octanol–water partition coefficient (Wildman–Crippen LogP) is -0.332. The second-order valence-corrected chi connectivity index (χ2v) is 4.80. The molecule has 0 saturated carbocycles. The zero-order valence-electron chi connectivity index (χ0n) is 6.62. The Bertz CT molecular complexity index is 198. The molecule has 0 radical (unpaired) electrons. The van der Waals surface area contributed by atoms with E-state index in [9.17, 15) is 8.42 Å². The molecule has 0 unspecified atom stereocenters. The molecule has 1 rings (SSSR count). The van der Waals surface area contributed by atoms with E-state index in [-0.39, 0.29) is 11.5 Å². The van der Waals surface area contributed by atoms with E-state index in [4.69, 9.17) is 4.84 Å². The fourth-order valence-electron chi connectivity index (χ4n) is 1.01. The van der Waals surface area contributed by atoms with E-state index < -0.39 is 9.84 Å². The van der Waals surface area contributed by atoms with E-state index in [1.54, 1.807) is 5.06 Å². The number of hydroxylamine groups is 2. The van der Waals surface area contributed by atoms with E-state index in [2.05, 4.69) is 0 Å². The lowest BCUT2D eigenvalue weighted by Gasteiger charge is -2.24. The van der Waals surface area contributed by atoms with Crippen molar-refractivity contribution in [2.75, 3.05) is 31.2 Å². The number of nitrogens with zero attached hydrogens (tertiary/aromatic N) is 1. The maximum Gasteiger partial charge on any atom is 0.153 e. The Labute approximate surface area is 67.0 Å². The summed E-state index contributed by atoms with van der Waals surface area (Å²) in [7, 11) is -2.76. The number of rotatable bonds is 2. The Balaban J connectivity index is 2.36. The summed E-state index contributed by atoms with van der Waals surface area (Å²) >= 11 is 0. The smallest absolute Gasteiger partial charge is 0.153 e. The minimum absolute atomic E-state index is 0.229. The molecule has 1 saturated heterocycles. The second-order valence-electron chi connectivity index (χ2n) is 2.50. The summed E-state index contributed by atoms with van der Waals surface area (Å²) in [6.07, 6.45) is 0.